The monoisotopic (exact) mass is 509 g/mol. The number of nitrogens with zero attached hydrogens (tertiary/aromatic N) is 1. The Morgan fingerprint density at radius 3 is 2.17 bits per heavy atom. The van der Waals surface area contributed by atoms with Gasteiger partial charge in [-0.2, -0.15) is 0 Å². The minimum absolute atomic E-state index is 0.0191. The van der Waals surface area contributed by atoms with E-state index < -0.39 is 53.8 Å². The van der Waals surface area contributed by atoms with Crippen LogP contribution in [-0.2, 0) is 30.4 Å². The number of carbonyl (C=O) groups is 5. The number of hydrogen-bond acceptors (Lipinski definition) is 7. The van der Waals surface area contributed by atoms with E-state index in [1.54, 1.807) is 13.1 Å². The Balaban J connectivity index is 2.96. The average Bonchev–Trinajstić information content (AvgIpc) is 3.31. The van der Waals surface area contributed by atoms with Crippen LogP contribution < -0.4 is 27.4 Å². The Bertz CT molecular complexity index is 890. The average molecular weight is 510 g/mol. The van der Waals surface area contributed by atoms with Crippen molar-refractivity contribution in [2.75, 3.05) is 0 Å². The van der Waals surface area contributed by atoms with Gasteiger partial charge in [0.1, 0.15) is 18.1 Å². The fraction of sp³-hybridized carbons (Fsp3) is 0.652. The quantitative estimate of drug-likeness (QED) is 0.149. The van der Waals surface area contributed by atoms with E-state index in [9.17, 15) is 29.1 Å². The van der Waals surface area contributed by atoms with Crippen LogP contribution >= 0.6 is 0 Å². The van der Waals surface area contributed by atoms with E-state index in [1.807, 2.05) is 20.8 Å². The van der Waals surface area contributed by atoms with Crippen molar-refractivity contribution < 1.29 is 29.1 Å². The first-order valence-electron chi connectivity index (χ1n) is 12.0. The van der Waals surface area contributed by atoms with Gasteiger partial charge >= 0.3 is 5.97 Å². The number of nitrogens with two attached hydrogens (primary N) is 2. The molecule has 0 fully saturated rings. The van der Waals surface area contributed by atoms with Crippen molar-refractivity contribution in [3.63, 3.8) is 0 Å². The molecule has 13 heteroatoms. The number of imidazole rings is 1. The third-order valence-electron chi connectivity index (χ3n) is 5.76. The summed E-state index contributed by atoms with van der Waals surface area (Å²) in [6.07, 6.45) is 3.59. The zero-order chi connectivity index (χ0) is 27.4. The molecule has 9 N–H and O–H groups in total. The van der Waals surface area contributed by atoms with Crippen molar-refractivity contribution in [2.24, 2.45) is 23.3 Å². The molecule has 0 aliphatic heterocycles. The van der Waals surface area contributed by atoms with E-state index in [4.69, 9.17) is 11.5 Å². The fourth-order valence-electron chi connectivity index (χ4n) is 3.47. The number of nitrogens with one attached hydrogen (secondary N) is 4. The van der Waals surface area contributed by atoms with E-state index in [0.29, 0.717) is 12.1 Å². The highest BCUT2D eigenvalue weighted by Crippen LogP contribution is 2.12. The van der Waals surface area contributed by atoms with E-state index in [2.05, 4.69) is 25.9 Å². The Morgan fingerprint density at radius 2 is 1.67 bits per heavy atom. The van der Waals surface area contributed by atoms with E-state index in [0.717, 1.165) is 0 Å². The maximum absolute atomic E-state index is 13.2. The number of carboxylic acid groups (broad SMARTS) is 1. The summed E-state index contributed by atoms with van der Waals surface area (Å²) in [4.78, 5) is 68.2. The van der Waals surface area contributed by atoms with Gasteiger partial charge < -0.3 is 37.5 Å². The lowest BCUT2D eigenvalue weighted by Crippen LogP contribution is -2.59. The second kappa shape index (κ2) is 14.8. The third-order valence-corrected chi connectivity index (χ3v) is 5.76. The second-order valence-electron chi connectivity index (χ2n) is 9.35. The lowest BCUT2D eigenvalue weighted by atomic mass is 9.96. The Morgan fingerprint density at radius 1 is 1.03 bits per heavy atom. The zero-order valence-corrected chi connectivity index (χ0v) is 21.2. The predicted molar refractivity (Wildman–Crippen MR) is 131 cm³/mol. The number of carbonyl (C=O) groups excluding carboxylic acids is 4. The number of rotatable bonds is 16. The van der Waals surface area contributed by atoms with Crippen LogP contribution in [0.25, 0.3) is 0 Å². The second-order valence-corrected chi connectivity index (χ2v) is 9.35. The molecule has 0 bridgehead atoms. The summed E-state index contributed by atoms with van der Waals surface area (Å²) in [5.41, 5.74) is 11.8. The lowest BCUT2D eigenvalue weighted by Gasteiger charge is -2.28. The summed E-state index contributed by atoms with van der Waals surface area (Å²) in [6.45, 7) is 7.33. The van der Waals surface area contributed by atoms with Gasteiger partial charge in [-0.05, 0) is 24.7 Å². The molecule has 13 nitrogen and oxygen atoms in total. The third kappa shape index (κ3) is 10.4. The van der Waals surface area contributed by atoms with Gasteiger partial charge in [0.2, 0.25) is 23.6 Å². The Kier molecular flexibility index (Phi) is 12.6. The van der Waals surface area contributed by atoms with E-state index >= 15 is 0 Å². The number of aromatic amines is 1. The number of carboxylic acids is 1. The molecule has 0 aliphatic carbocycles. The summed E-state index contributed by atoms with van der Waals surface area (Å²) >= 11 is 0. The van der Waals surface area contributed by atoms with Gasteiger partial charge in [-0.25, -0.2) is 9.78 Å². The van der Waals surface area contributed by atoms with Crippen molar-refractivity contribution >= 4 is 29.6 Å². The standard InChI is InChI=1S/C23H39N7O6/c1-5-13(4)19(30-20(32)15(24)9-14-10-26-11-27-14)22(34)29-17(8-12(2)3)21(33)28-16(23(35)36)6-7-18(25)31/h10-13,15-17,19H,5-9,24H2,1-4H3,(H2,25,31)(H,26,27)(H,28,33)(H,29,34)(H,30,32)(H,35,36). The van der Waals surface area contributed by atoms with Gasteiger partial charge in [0, 0.05) is 24.7 Å². The van der Waals surface area contributed by atoms with Crippen molar-refractivity contribution in [2.45, 2.75) is 84.0 Å². The lowest BCUT2D eigenvalue weighted by molar-refractivity contribution is -0.142. The number of amides is 4. The van der Waals surface area contributed by atoms with Crippen LogP contribution in [0.4, 0.5) is 0 Å². The van der Waals surface area contributed by atoms with Crippen LogP contribution in [0.3, 0.4) is 0 Å². The minimum atomic E-state index is -1.35. The molecule has 0 aromatic carbocycles. The van der Waals surface area contributed by atoms with Gasteiger partial charge in [-0.1, -0.05) is 34.1 Å². The summed E-state index contributed by atoms with van der Waals surface area (Å²) in [6, 6.07) is -4.30. The fourth-order valence-corrected chi connectivity index (χ4v) is 3.47. The highest BCUT2D eigenvalue weighted by atomic mass is 16.4. The van der Waals surface area contributed by atoms with Gasteiger partial charge in [0.25, 0.3) is 0 Å². The molecule has 0 aliphatic rings. The van der Waals surface area contributed by atoms with Crippen LogP contribution in [0.15, 0.2) is 12.5 Å². The van der Waals surface area contributed by atoms with Crippen molar-refractivity contribution in [3.8, 4) is 0 Å². The smallest absolute Gasteiger partial charge is 0.326 e. The number of primary amides is 1. The van der Waals surface area contributed by atoms with Gasteiger partial charge in [-0.3, -0.25) is 19.2 Å². The topological polar surface area (TPSA) is 222 Å². The molecule has 36 heavy (non-hydrogen) atoms. The summed E-state index contributed by atoms with van der Waals surface area (Å²) in [5, 5.41) is 17.1. The normalized spacial score (nSPS) is 15.3. The molecule has 0 saturated carbocycles. The Labute approximate surface area is 210 Å². The van der Waals surface area contributed by atoms with Crippen LogP contribution in [0.1, 0.15) is 59.1 Å². The molecule has 0 spiro atoms. The molecule has 1 rings (SSSR count). The van der Waals surface area contributed by atoms with E-state index in [1.165, 1.54) is 6.33 Å². The zero-order valence-electron chi connectivity index (χ0n) is 21.2. The first kappa shape index (κ1) is 30.6. The van der Waals surface area contributed by atoms with Gasteiger partial charge in [0.15, 0.2) is 0 Å². The number of H-pyrrole nitrogens is 1. The Hall–Kier alpha value is -3.48. The van der Waals surface area contributed by atoms with Crippen molar-refractivity contribution in [3.05, 3.63) is 18.2 Å². The molecule has 1 aromatic rings. The van der Waals surface area contributed by atoms with Crippen LogP contribution in [0.2, 0.25) is 0 Å². The molecule has 0 radical (unpaired) electrons. The molecule has 0 saturated heterocycles. The summed E-state index contributed by atoms with van der Waals surface area (Å²) < 4.78 is 0. The molecule has 5 unspecified atom stereocenters. The maximum Gasteiger partial charge on any atom is 0.326 e. The van der Waals surface area contributed by atoms with E-state index in [-0.39, 0.29) is 37.5 Å². The highest BCUT2D eigenvalue weighted by molar-refractivity contribution is 5.94. The largest absolute Gasteiger partial charge is 0.480 e. The molecular weight excluding hydrogens is 470 g/mol. The van der Waals surface area contributed by atoms with Crippen LogP contribution in [0, 0.1) is 11.8 Å². The maximum atomic E-state index is 13.2. The SMILES string of the molecule is CCC(C)C(NC(=O)C(N)Cc1cnc[nH]1)C(=O)NC(CC(C)C)C(=O)NC(CCC(N)=O)C(=O)O. The molecule has 202 valence electrons. The van der Waals surface area contributed by atoms with Crippen LogP contribution in [0.5, 0.6) is 0 Å². The summed E-state index contributed by atoms with van der Waals surface area (Å²) in [5.74, 6) is -4.15. The van der Waals surface area contributed by atoms with Gasteiger partial charge in [-0.15, -0.1) is 0 Å². The molecule has 5 atom stereocenters. The molecular formula is C23H39N7O6. The molecule has 1 aromatic heterocycles. The molecule has 1 heterocycles. The first-order chi connectivity index (χ1) is 16.8. The van der Waals surface area contributed by atoms with Crippen molar-refractivity contribution in [1.29, 1.82) is 0 Å². The number of hydrogen-bond donors (Lipinski definition) is 7. The van der Waals surface area contributed by atoms with Crippen molar-refractivity contribution in [1.82, 2.24) is 25.9 Å². The molecule has 4 amide bonds. The number of aromatic nitrogens is 2. The van der Waals surface area contributed by atoms with Gasteiger partial charge in [0.05, 0.1) is 12.4 Å². The minimum Gasteiger partial charge on any atom is -0.480 e. The highest BCUT2D eigenvalue weighted by Gasteiger charge is 2.33. The summed E-state index contributed by atoms with van der Waals surface area (Å²) in [7, 11) is 0. The first-order valence-corrected chi connectivity index (χ1v) is 12.0. The number of aliphatic carboxylic acids is 1. The predicted octanol–water partition coefficient (Wildman–Crippen LogP) is -0.824. The van der Waals surface area contributed by atoms with Crippen LogP contribution in [-0.4, -0.2) is 68.8 Å².